The summed E-state index contributed by atoms with van der Waals surface area (Å²) in [4.78, 5) is 12.5. The summed E-state index contributed by atoms with van der Waals surface area (Å²) in [6.07, 6.45) is 5.17. The van der Waals surface area contributed by atoms with E-state index in [-0.39, 0.29) is 6.10 Å². The van der Waals surface area contributed by atoms with Gasteiger partial charge in [0.05, 0.1) is 29.2 Å². The van der Waals surface area contributed by atoms with E-state index in [1.165, 1.54) is 0 Å². The van der Waals surface area contributed by atoms with Gasteiger partial charge in [-0.05, 0) is 34.5 Å². The van der Waals surface area contributed by atoms with E-state index in [0.29, 0.717) is 23.2 Å². The minimum atomic E-state index is -1.50. The summed E-state index contributed by atoms with van der Waals surface area (Å²) >= 11 is 20.4. The van der Waals surface area contributed by atoms with Gasteiger partial charge in [0.25, 0.3) is 5.09 Å². The molecular formula is C20H16Cl3N3O4S. The highest BCUT2D eigenvalue weighted by Gasteiger charge is 2.18. The van der Waals surface area contributed by atoms with E-state index in [9.17, 15) is 0 Å². The Labute approximate surface area is 196 Å². The van der Waals surface area contributed by atoms with Crippen LogP contribution in [-0.4, -0.2) is 19.8 Å². The van der Waals surface area contributed by atoms with Crippen LogP contribution in [0.25, 0.3) is 10.1 Å². The average molecular weight is 501 g/mol. The molecule has 4 aromatic rings. The maximum absolute atomic E-state index is 8.36. The van der Waals surface area contributed by atoms with Gasteiger partial charge in [0.1, 0.15) is 6.10 Å². The van der Waals surface area contributed by atoms with Crippen molar-refractivity contribution in [2.24, 2.45) is 0 Å². The smallest absolute Gasteiger partial charge is 0.291 e. The lowest BCUT2D eigenvalue weighted by Gasteiger charge is -2.20. The summed E-state index contributed by atoms with van der Waals surface area (Å²) in [6, 6.07) is 11.4. The van der Waals surface area contributed by atoms with Crippen LogP contribution in [0.15, 0.2) is 60.5 Å². The first-order valence-corrected chi connectivity index (χ1v) is 10.9. The lowest BCUT2D eigenvalue weighted by atomic mass is 10.1. The number of halogens is 3. The third-order valence-corrected chi connectivity index (χ3v) is 6.38. The van der Waals surface area contributed by atoms with Gasteiger partial charge < -0.3 is 14.5 Å². The maximum Gasteiger partial charge on any atom is 0.291 e. The number of hydrogen-bond acceptors (Lipinski definition) is 5. The summed E-state index contributed by atoms with van der Waals surface area (Å²) in [6.45, 7) is 1.06. The second-order valence-corrected chi connectivity index (χ2v) is 8.47. The largest absolute Gasteiger partial charge is 0.367 e. The Bertz CT molecular complexity index is 1160. The van der Waals surface area contributed by atoms with E-state index < -0.39 is 5.09 Å². The maximum atomic E-state index is 8.36. The molecule has 7 nitrogen and oxygen atoms in total. The predicted octanol–water partition coefficient (Wildman–Crippen LogP) is 6.67. The monoisotopic (exact) mass is 499 g/mol. The minimum Gasteiger partial charge on any atom is -0.367 e. The minimum absolute atomic E-state index is 0.238. The van der Waals surface area contributed by atoms with Crippen molar-refractivity contribution >= 4 is 56.2 Å². The van der Waals surface area contributed by atoms with Crippen LogP contribution in [0.2, 0.25) is 15.1 Å². The number of aromatic nitrogens is 2. The average Bonchev–Trinajstić information content (AvgIpc) is 3.35. The normalized spacial score (nSPS) is 11.7. The first-order valence-electron chi connectivity index (χ1n) is 8.85. The fourth-order valence-electron chi connectivity index (χ4n) is 2.97. The van der Waals surface area contributed by atoms with E-state index in [1.807, 2.05) is 35.0 Å². The summed E-state index contributed by atoms with van der Waals surface area (Å²) in [5.74, 6) is 0. The van der Waals surface area contributed by atoms with Crippen molar-refractivity contribution in [2.45, 2.75) is 19.3 Å². The molecule has 0 amide bonds. The molecule has 0 spiro atoms. The van der Waals surface area contributed by atoms with Crippen LogP contribution in [0.3, 0.4) is 0 Å². The van der Waals surface area contributed by atoms with Gasteiger partial charge >= 0.3 is 0 Å². The van der Waals surface area contributed by atoms with E-state index in [0.717, 1.165) is 26.2 Å². The zero-order valence-corrected chi connectivity index (χ0v) is 18.9. The summed E-state index contributed by atoms with van der Waals surface area (Å²) < 4.78 is 9.35. The molecule has 0 aliphatic carbocycles. The summed E-state index contributed by atoms with van der Waals surface area (Å²) in [5, 5.41) is 18.8. The van der Waals surface area contributed by atoms with Crippen LogP contribution in [0.5, 0.6) is 0 Å². The van der Waals surface area contributed by atoms with Crippen LogP contribution in [0.4, 0.5) is 0 Å². The van der Waals surface area contributed by atoms with Crippen molar-refractivity contribution in [2.75, 3.05) is 0 Å². The van der Waals surface area contributed by atoms with Crippen molar-refractivity contribution < 1.29 is 15.0 Å². The molecule has 2 heterocycles. The van der Waals surface area contributed by atoms with Gasteiger partial charge in [-0.2, -0.15) is 0 Å². The number of fused-ring (bicyclic) bond motifs is 1. The summed E-state index contributed by atoms with van der Waals surface area (Å²) in [7, 11) is 0. The Balaban J connectivity index is 0.000000628. The molecule has 0 saturated carbocycles. The number of benzene rings is 2. The fraction of sp³-hybridized carbons (Fsp3) is 0.150. The molecule has 0 radical (unpaired) electrons. The number of thiophene rings is 1. The molecule has 4 rings (SSSR count). The number of imidazole rings is 1. The molecule has 0 fully saturated rings. The Morgan fingerprint density at radius 3 is 2.68 bits per heavy atom. The van der Waals surface area contributed by atoms with E-state index in [1.54, 1.807) is 29.9 Å². The number of ether oxygens (including phenoxy) is 1. The zero-order chi connectivity index (χ0) is 22.4. The molecule has 0 aliphatic rings. The van der Waals surface area contributed by atoms with E-state index >= 15 is 0 Å². The number of hydrogen-bond donors (Lipinski definition) is 1. The van der Waals surface area contributed by atoms with E-state index in [4.69, 9.17) is 54.9 Å². The summed E-state index contributed by atoms with van der Waals surface area (Å²) in [5.41, 5.74) is 2.01. The fourth-order valence-corrected chi connectivity index (χ4v) is 4.77. The van der Waals surface area contributed by atoms with Gasteiger partial charge in [-0.3, -0.25) is 0 Å². The first-order chi connectivity index (χ1) is 14.8. The zero-order valence-electron chi connectivity index (χ0n) is 15.8. The molecule has 1 atom stereocenters. The van der Waals surface area contributed by atoms with Crippen molar-refractivity contribution in [3.8, 4) is 0 Å². The Morgan fingerprint density at radius 1 is 1.23 bits per heavy atom. The quantitative estimate of drug-likeness (QED) is 0.236. The van der Waals surface area contributed by atoms with Crippen LogP contribution < -0.4 is 0 Å². The van der Waals surface area contributed by atoms with Crippen molar-refractivity contribution in [3.63, 3.8) is 0 Å². The third kappa shape index (κ3) is 6.32. The molecule has 11 heteroatoms. The predicted molar refractivity (Wildman–Crippen MR) is 122 cm³/mol. The molecule has 0 unspecified atom stereocenters. The lowest BCUT2D eigenvalue weighted by molar-refractivity contribution is -0.742. The molecule has 1 N–H and O–H groups in total. The molecule has 0 aliphatic heterocycles. The second kappa shape index (κ2) is 10.8. The molecule has 162 valence electrons. The molecule has 2 aromatic heterocycles. The van der Waals surface area contributed by atoms with Crippen LogP contribution in [0.1, 0.15) is 17.2 Å². The van der Waals surface area contributed by atoms with Gasteiger partial charge in [-0.15, -0.1) is 21.5 Å². The number of rotatable bonds is 6. The third-order valence-electron chi connectivity index (χ3n) is 4.32. The Hall–Kier alpha value is -2.36. The molecule has 31 heavy (non-hydrogen) atoms. The van der Waals surface area contributed by atoms with Crippen molar-refractivity contribution in [1.29, 1.82) is 0 Å². The van der Waals surface area contributed by atoms with E-state index in [2.05, 4.69) is 16.4 Å². The van der Waals surface area contributed by atoms with Crippen LogP contribution >= 0.6 is 46.1 Å². The van der Waals surface area contributed by atoms with Gasteiger partial charge in [-0.25, -0.2) is 4.98 Å². The molecule has 2 aromatic carbocycles. The number of nitrogens with zero attached hydrogens (tertiary/aromatic N) is 3. The standard InChI is InChI=1S/C20H15Cl3N2OS.HNO3/c21-14-4-5-16(18(23)8-14)19(9-25-7-6-24-12-25)26-10-13-11-27-20-15(13)2-1-3-17(20)22;2-1(3)4/h1-8,11-12,19H,9-10H2;(H,2,3,4)/t19-;/m1./s1. The Kier molecular flexibility index (Phi) is 8.11. The van der Waals surface area contributed by atoms with Crippen LogP contribution in [-0.2, 0) is 17.9 Å². The van der Waals surface area contributed by atoms with Crippen molar-refractivity contribution in [1.82, 2.24) is 9.55 Å². The SMILES string of the molecule is Clc1ccc([C@@H](Cn2ccnc2)OCc2csc3c(Cl)cccc23)c(Cl)c1.O=[N+]([O-])O. The van der Waals surface area contributed by atoms with Gasteiger partial charge in [-0.1, -0.05) is 53.0 Å². The molecular weight excluding hydrogens is 485 g/mol. The lowest BCUT2D eigenvalue weighted by Crippen LogP contribution is -2.12. The molecule has 0 saturated heterocycles. The highest BCUT2D eigenvalue weighted by atomic mass is 35.5. The van der Waals surface area contributed by atoms with Crippen LogP contribution in [0, 0.1) is 10.1 Å². The highest BCUT2D eigenvalue weighted by molar-refractivity contribution is 7.18. The van der Waals surface area contributed by atoms with Gasteiger partial charge in [0, 0.05) is 28.0 Å². The van der Waals surface area contributed by atoms with Gasteiger partial charge in [0.15, 0.2) is 0 Å². The van der Waals surface area contributed by atoms with Gasteiger partial charge in [0.2, 0.25) is 0 Å². The first kappa shape index (κ1) is 23.3. The Morgan fingerprint density at radius 2 is 2.00 bits per heavy atom. The highest BCUT2D eigenvalue weighted by Crippen LogP contribution is 2.35. The van der Waals surface area contributed by atoms with Crippen molar-refractivity contribution in [3.05, 3.63) is 96.8 Å². The molecule has 0 bridgehead atoms. The topological polar surface area (TPSA) is 90.4 Å². The second-order valence-electron chi connectivity index (χ2n) is 6.34.